The lowest BCUT2D eigenvalue weighted by atomic mass is 10.0. The van der Waals surface area contributed by atoms with Gasteiger partial charge in [0.2, 0.25) is 5.91 Å². The van der Waals surface area contributed by atoms with E-state index in [1.807, 2.05) is 25.1 Å². The van der Waals surface area contributed by atoms with E-state index < -0.39 is 0 Å². The van der Waals surface area contributed by atoms with Crippen LogP contribution < -0.4 is 11.1 Å². The number of amides is 1. The number of nitrogens with two attached hydrogens (primary N) is 1. The summed E-state index contributed by atoms with van der Waals surface area (Å²) in [5, 5.41) is 2.97. The van der Waals surface area contributed by atoms with Crippen molar-refractivity contribution in [2.24, 2.45) is 5.92 Å². The summed E-state index contributed by atoms with van der Waals surface area (Å²) in [6.45, 7) is 7.36. The predicted molar refractivity (Wildman–Crippen MR) is 88.3 cm³/mol. The largest absolute Gasteiger partial charge is 0.399 e. The normalized spacial score (nSPS) is 18.9. The van der Waals surface area contributed by atoms with Crippen LogP contribution >= 0.6 is 0 Å². The number of carbonyl (C=O) groups is 1. The van der Waals surface area contributed by atoms with Gasteiger partial charge in [0.05, 0.1) is 0 Å². The van der Waals surface area contributed by atoms with E-state index in [4.69, 9.17) is 5.73 Å². The molecule has 1 aromatic rings. The van der Waals surface area contributed by atoms with Crippen molar-refractivity contribution in [3.05, 3.63) is 23.8 Å². The highest BCUT2D eigenvalue weighted by Gasteiger charge is 2.21. The van der Waals surface area contributed by atoms with E-state index >= 15 is 0 Å². The van der Waals surface area contributed by atoms with Gasteiger partial charge in [-0.15, -0.1) is 0 Å². The van der Waals surface area contributed by atoms with Crippen LogP contribution in [-0.4, -0.2) is 30.4 Å². The molecule has 0 aliphatic carbocycles. The van der Waals surface area contributed by atoms with Crippen molar-refractivity contribution in [2.75, 3.05) is 30.7 Å². The highest BCUT2D eigenvalue weighted by Crippen LogP contribution is 2.21. The van der Waals surface area contributed by atoms with Crippen molar-refractivity contribution >= 4 is 17.3 Å². The summed E-state index contributed by atoms with van der Waals surface area (Å²) in [5.41, 5.74) is 8.31. The number of likely N-dealkylation sites (tertiary alicyclic amines) is 1. The zero-order chi connectivity index (χ0) is 15.2. The Morgan fingerprint density at radius 1 is 1.48 bits per heavy atom. The number of carbonyl (C=O) groups excluding carboxylic acids is 1. The average molecular weight is 289 g/mol. The molecule has 116 valence electrons. The second-order valence-electron chi connectivity index (χ2n) is 6.12. The monoisotopic (exact) mass is 289 g/mol. The van der Waals surface area contributed by atoms with Crippen LogP contribution in [0.3, 0.4) is 0 Å². The van der Waals surface area contributed by atoms with Gasteiger partial charge in [0.1, 0.15) is 0 Å². The minimum atomic E-state index is 0.0719. The number of hydrogen-bond acceptors (Lipinski definition) is 3. The van der Waals surface area contributed by atoms with Crippen molar-refractivity contribution in [1.82, 2.24) is 4.90 Å². The first-order valence-corrected chi connectivity index (χ1v) is 7.96. The van der Waals surface area contributed by atoms with Gasteiger partial charge in [0.25, 0.3) is 0 Å². The Hall–Kier alpha value is -1.55. The predicted octanol–water partition coefficient (Wildman–Crippen LogP) is 3.03. The number of nitrogens with one attached hydrogen (secondary N) is 1. The summed E-state index contributed by atoms with van der Waals surface area (Å²) in [6.07, 6.45) is 4.40. The molecule has 4 heteroatoms. The Morgan fingerprint density at radius 2 is 2.29 bits per heavy atom. The van der Waals surface area contributed by atoms with Crippen LogP contribution in [0.15, 0.2) is 18.2 Å². The number of hydrogen-bond donors (Lipinski definition) is 2. The lowest BCUT2D eigenvalue weighted by Crippen LogP contribution is -2.26. The SMILES string of the molecule is CCCC1CCN(CCC(=O)Nc2cc(N)ccc2C)C1. The van der Waals surface area contributed by atoms with Crippen LogP contribution in [0.4, 0.5) is 11.4 Å². The molecule has 21 heavy (non-hydrogen) atoms. The summed E-state index contributed by atoms with van der Waals surface area (Å²) < 4.78 is 0. The van der Waals surface area contributed by atoms with Crippen molar-refractivity contribution in [1.29, 1.82) is 0 Å². The molecule has 1 aromatic carbocycles. The Labute approximate surface area is 127 Å². The molecule has 1 amide bonds. The van der Waals surface area contributed by atoms with Gasteiger partial charge in [-0.05, 0) is 49.9 Å². The summed E-state index contributed by atoms with van der Waals surface area (Å²) in [7, 11) is 0. The molecule has 0 spiro atoms. The molecule has 1 atom stereocenters. The molecule has 0 aromatic heterocycles. The molecule has 1 saturated heterocycles. The van der Waals surface area contributed by atoms with E-state index in [9.17, 15) is 4.79 Å². The van der Waals surface area contributed by atoms with E-state index in [0.717, 1.165) is 36.8 Å². The van der Waals surface area contributed by atoms with Crippen molar-refractivity contribution < 1.29 is 4.79 Å². The molecule has 4 nitrogen and oxygen atoms in total. The van der Waals surface area contributed by atoms with E-state index in [1.54, 1.807) is 0 Å². The van der Waals surface area contributed by atoms with Crippen LogP contribution in [0.1, 0.15) is 38.2 Å². The Kier molecular flexibility index (Phi) is 5.62. The van der Waals surface area contributed by atoms with Gasteiger partial charge in [-0.2, -0.15) is 0 Å². The van der Waals surface area contributed by atoms with E-state index in [2.05, 4.69) is 17.1 Å². The van der Waals surface area contributed by atoms with Gasteiger partial charge < -0.3 is 16.0 Å². The van der Waals surface area contributed by atoms with Gasteiger partial charge in [0.15, 0.2) is 0 Å². The van der Waals surface area contributed by atoms with Crippen LogP contribution in [0.25, 0.3) is 0 Å². The fourth-order valence-corrected chi connectivity index (χ4v) is 3.01. The number of aryl methyl sites for hydroxylation is 1. The molecule has 0 radical (unpaired) electrons. The second kappa shape index (κ2) is 7.46. The maximum Gasteiger partial charge on any atom is 0.225 e. The summed E-state index contributed by atoms with van der Waals surface area (Å²) in [5.74, 6) is 0.900. The quantitative estimate of drug-likeness (QED) is 0.791. The number of nitrogens with zero attached hydrogens (tertiary/aromatic N) is 1. The highest BCUT2D eigenvalue weighted by molar-refractivity contribution is 5.92. The first-order valence-electron chi connectivity index (χ1n) is 7.96. The molecule has 1 aliphatic rings. The molecule has 0 bridgehead atoms. The van der Waals surface area contributed by atoms with Gasteiger partial charge in [-0.1, -0.05) is 19.4 Å². The summed E-state index contributed by atoms with van der Waals surface area (Å²) >= 11 is 0. The Bertz CT molecular complexity index is 487. The maximum absolute atomic E-state index is 12.1. The minimum Gasteiger partial charge on any atom is -0.399 e. The molecule has 3 N–H and O–H groups in total. The van der Waals surface area contributed by atoms with Crippen molar-refractivity contribution in [3.63, 3.8) is 0 Å². The van der Waals surface area contributed by atoms with E-state index in [1.165, 1.54) is 19.3 Å². The zero-order valence-electron chi connectivity index (χ0n) is 13.2. The molecule has 1 aliphatic heterocycles. The zero-order valence-corrected chi connectivity index (χ0v) is 13.2. The molecule has 0 saturated carbocycles. The molecular weight excluding hydrogens is 262 g/mol. The van der Waals surface area contributed by atoms with Crippen LogP contribution in [0.5, 0.6) is 0 Å². The molecule has 2 rings (SSSR count). The van der Waals surface area contributed by atoms with Crippen LogP contribution in [0, 0.1) is 12.8 Å². The van der Waals surface area contributed by atoms with Crippen molar-refractivity contribution in [2.45, 2.75) is 39.5 Å². The topological polar surface area (TPSA) is 58.4 Å². The smallest absolute Gasteiger partial charge is 0.225 e. The molecule has 1 unspecified atom stereocenters. The second-order valence-corrected chi connectivity index (χ2v) is 6.12. The van der Waals surface area contributed by atoms with Gasteiger partial charge in [-0.25, -0.2) is 0 Å². The van der Waals surface area contributed by atoms with Gasteiger partial charge in [0, 0.05) is 30.9 Å². The molecular formula is C17H27N3O. The third-order valence-corrected chi connectivity index (χ3v) is 4.26. The number of benzene rings is 1. The maximum atomic E-state index is 12.1. The third kappa shape index (κ3) is 4.74. The minimum absolute atomic E-state index is 0.0719. The Morgan fingerprint density at radius 3 is 3.05 bits per heavy atom. The first-order chi connectivity index (χ1) is 10.1. The average Bonchev–Trinajstić information content (AvgIpc) is 2.89. The summed E-state index contributed by atoms with van der Waals surface area (Å²) in [4.78, 5) is 14.5. The lowest BCUT2D eigenvalue weighted by molar-refractivity contribution is -0.116. The highest BCUT2D eigenvalue weighted by atomic mass is 16.1. The standard InChI is InChI=1S/C17H27N3O/c1-3-4-14-7-9-20(12-14)10-8-17(21)19-16-11-15(18)6-5-13(16)2/h5-6,11,14H,3-4,7-10,12,18H2,1-2H3,(H,19,21). The first kappa shape index (κ1) is 15.8. The van der Waals surface area contributed by atoms with E-state index in [-0.39, 0.29) is 5.91 Å². The van der Waals surface area contributed by atoms with E-state index in [0.29, 0.717) is 12.1 Å². The van der Waals surface area contributed by atoms with Crippen LogP contribution in [-0.2, 0) is 4.79 Å². The Balaban J connectivity index is 1.76. The molecule has 1 fully saturated rings. The number of rotatable bonds is 6. The lowest BCUT2D eigenvalue weighted by Gasteiger charge is -2.16. The third-order valence-electron chi connectivity index (χ3n) is 4.26. The summed E-state index contributed by atoms with van der Waals surface area (Å²) in [6, 6.07) is 5.60. The van der Waals surface area contributed by atoms with Crippen molar-refractivity contribution in [3.8, 4) is 0 Å². The van der Waals surface area contributed by atoms with Gasteiger partial charge >= 0.3 is 0 Å². The van der Waals surface area contributed by atoms with Crippen LogP contribution in [0.2, 0.25) is 0 Å². The van der Waals surface area contributed by atoms with Gasteiger partial charge in [-0.3, -0.25) is 4.79 Å². The number of nitrogen functional groups attached to an aromatic ring is 1. The fraction of sp³-hybridized carbons (Fsp3) is 0.588. The number of anilines is 2. The molecule has 1 heterocycles. The fourth-order valence-electron chi connectivity index (χ4n) is 3.01.